The van der Waals surface area contributed by atoms with Crippen LogP contribution in [0.3, 0.4) is 0 Å². The number of nitrogens with one attached hydrogen (secondary N) is 1. The van der Waals surface area contributed by atoms with E-state index in [9.17, 15) is 4.79 Å². The first-order chi connectivity index (χ1) is 11.5. The smallest absolute Gasteiger partial charge is 0.322 e. The molecule has 6 nitrogen and oxygen atoms in total. The van der Waals surface area contributed by atoms with Crippen molar-refractivity contribution in [1.82, 2.24) is 14.7 Å². The van der Waals surface area contributed by atoms with Crippen LogP contribution in [-0.2, 0) is 11.8 Å². The minimum atomic E-state index is -0.113. The summed E-state index contributed by atoms with van der Waals surface area (Å²) in [5.74, 6) is 0. The molecule has 2 amide bonds. The van der Waals surface area contributed by atoms with E-state index in [0.29, 0.717) is 19.8 Å². The topological polar surface area (TPSA) is 59.4 Å². The third-order valence-corrected chi connectivity index (χ3v) is 4.59. The van der Waals surface area contributed by atoms with Crippen LogP contribution in [0, 0.1) is 20.8 Å². The van der Waals surface area contributed by atoms with E-state index in [0.717, 1.165) is 22.6 Å². The maximum absolute atomic E-state index is 12.8. The number of aromatic nitrogens is 2. The van der Waals surface area contributed by atoms with Crippen molar-refractivity contribution >= 4 is 11.7 Å². The molecule has 2 heterocycles. The number of ether oxygens (including phenoxy) is 1. The number of rotatable bonds is 2. The standard InChI is InChI=1S/C18H24N4O2/c1-12-5-7-15(8-6-12)19-18(23)22-9-10-24-11-16(22)17-13(2)20-21(4)14(17)3/h5-8,16H,9-11H2,1-4H3,(H,19,23)/t16-/m0/s1. The summed E-state index contributed by atoms with van der Waals surface area (Å²) in [5, 5.41) is 7.46. The quantitative estimate of drug-likeness (QED) is 0.922. The van der Waals surface area contributed by atoms with Crippen molar-refractivity contribution in [2.24, 2.45) is 7.05 Å². The van der Waals surface area contributed by atoms with Crippen LogP contribution in [0.1, 0.15) is 28.6 Å². The average Bonchev–Trinajstić information content (AvgIpc) is 2.82. The van der Waals surface area contributed by atoms with Gasteiger partial charge in [-0.25, -0.2) is 4.79 Å². The van der Waals surface area contributed by atoms with E-state index in [1.807, 2.05) is 61.7 Å². The van der Waals surface area contributed by atoms with Gasteiger partial charge in [-0.15, -0.1) is 0 Å². The molecule has 2 aromatic rings. The van der Waals surface area contributed by atoms with Crippen LogP contribution in [0.2, 0.25) is 0 Å². The van der Waals surface area contributed by atoms with Gasteiger partial charge < -0.3 is 15.0 Å². The second-order valence-electron chi connectivity index (χ2n) is 6.29. The molecule has 0 unspecified atom stereocenters. The third kappa shape index (κ3) is 3.14. The molecule has 1 fully saturated rings. The number of urea groups is 1. The molecular weight excluding hydrogens is 304 g/mol. The summed E-state index contributed by atoms with van der Waals surface area (Å²) in [4.78, 5) is 14.6. The lowest BCUT2D eigenvalue weighted by molar-refractivity contribution is 0.0143. The minimum Gasteiger partial charge on any atom is -0.377 e. The molecular formula is C18H24N4O2. The van der Waals surface area contributed by atoms with Crippen LogP contribution in [0.5, 0.6) is 0 Å². The fourth-order valence-corrected chi connectivity index (χ4v) is 3.19. The van der Waals surface area contributed by atoms with E-state index >= 15 is 0 Å². The first kappa shape index (κ1) is 16.5. The number of amides is 2. The highest BCUT2D eigenvalue weighted by atomic mass is 16.5. The summed E-state index contributed by atoms with van der Waals surface area (Å²) < 4.78 is 7.50. The fourth-order valence-electron chi connectivity index (χ4n) is 3.19. The van der Waals surface area contributed by atoms with Gasteiger partial charge in [0.1, 0.15) is 0 Å². The van der Waals surface area contributed by atoms with Crippen molar-refractivity contribution in [3.63, 3.8) is 0 Å². The Morgan fingerprint density at radius 2 is 1.96 bits per heavy atom. The van der Waals surface area contributed by atoms with Crippen LogP contribution >= 0.6 is 0 Å². The molecule has 1 aromatic heterocycles. The molecule has 0 radical (unpaired) electrons. The Morgan fingerprint density at radius 1 is 1.25 bits per heavy atom. The molecule has 0 saturated carbocycles. The van der Waals surface area contributed by atoms with E-state index in [-0.39, 0.29) is 12.1 Å². The number of carbonyl (C=O) groups is 1. The monoisotopic (exact) mass is 328 g/mol. The van der Waals surface area contributed by atoms with Gasteiger partial charge in [-0.2, -0.15) is 5.10 Å². The van der Waals surface area contributed by atoms with Gasteiger partial charge in [0, 0.05) is 30.5 Å². The zero-order valence-corrected chi connectivity index (χ0v) is 14.7. The van der Waals surface area contributed by atoms with Gasteiger partial charge in [0.05, 0.1) is 24.9 Å². The Labute approximate surface area is 142 Å². The maximum atomic E-state index is 12.8. The second kappa shape index (κ2) is 6.65. The first-order valence-electron chi connectivity index (χ1n) is 8.19. The molecule has 1 saturated heterocycles. The lowest BCUT2D eigenvalue weighted by Crippen LogP contribution is -2.45. The second-order valence-corrected chi connectivity index (χ2v) is 6.29. The Hall–Kier alpha value is -2.34. The van der Waals surface area contributed by atoms with Crippen molar-refractivity contribution in [2.45, 2.75) is 26.8 Å². The average molecular weight is 328 g/mol. The molecule has 6 heteroatoms. The molecule has 1 aliphatic heterocycles. The number of hydrogen-bond donors (Lipinski definition) is 1. The highest BCUT2D eigenvalue weighted by Crippen LogP contribution is 2.29. The molecule has 24 heavy (non-hydrogen) atoms. The van der Waals surface area contributed by atoms with Crippen LogP contribution in [-0.4, -0.2) is 40.5 Å². The third-order valence-electron chi connectivity index (χ3n) is 4.59. The summed E-state index contributed by atoms with van der Waals surface area (Å²) in [5.41, 5.74) is 5.06. The van der Waals surface area contributed by atoms with Crippen LogP contribution in [0.4, 0.5) is 10.5 Å². The summed E-state index contributed by atoms with van der Waals surface area (Å²) in [6.45, 7) is 7.64. The van der Waals surface area contributed by atoms with Gasteiger partial charge in [0.25, 0.3) is 0 Å². The highest BCUT2D eigenvalue weighted by molar-refractivity contribution is 5.89. The first-order valence-corrected chi connectivity index (χ1v) is 8.19. The van der Waals surface area contributed by atoms with Gasteiger partial charge in [0.15, 0.2) is 0 Å². The van der Waals surface area contributed by atoms with Gasteiger partial charge >= 0.3 is 6.03 Å². The van der Waals surface area contributed by atoms with E-state index in [1.165, 1.54) is 5.56 Å². The van der Waals surface area contributed by atoms with E-state index < -0.39 is 0 Å². The van der Waals surface area contributed by atoms with Crippen LogP contribution < -0.4 is 5.32 Å². The molecule has 1 aromatic carbocycles. The lowest BCUT2D eigenvalue weighted by atomic mass is 10.0. The predicted octanol–water partition coefficient (Wildman–Crippen LogP) is 2.95. The molecule has 0 aliphatic carbocycles. The van der Waals surface area contributed by atoms with Gasteiger partial charge in [-0.1, -0.05) is 17.7 Å². The Morgan fingerprint density at radius 3 is 2.58 bits per heavy atom. The molecule has 1 N–H and O–H groups in total. The molecule has 128 valence electrons. The highest BCUT2D eigenvalue weighted by Gasteiger charge is 2.32. The normalized spacial score (nSPS) is 17.8. The number of carbonyl (C=O) groups excluding carboxylic acids is 1. The zero-order chi connectivity index (χ0) is 17.3. The zero-order valence-electron chi connectivity index (χ0n) is 14.7. The molecule has 1 aliphatic rings. The minimum absolute atomic E-state index is 0.102. The number of aryl methyl sites for hydroxylation is 3. The largest absolute Gasteiger partial charge is 0.377 e. The summed E-state index contributed by atoms with van der Waals surface area (Å²) in [6.07, 6.45) is 0. The summed E-state index contributed by atoms with van der Waals surface area (Å²) in [6, 6.07) is 7.60. The molecule has 0 spiro atoms. The fraction of sp³-hybridized carbons (Fsp3) is 0.444. The number of hydrogen-bond acceptors (Lipinski definition) is 3. The Bertz CT molecular complexity index is 736. The molecule has 0 bridgehead atoms. The Balaban J connectivity index is 1.84. The van der Waals surface area contributed by atoms with Crippen LogP contribution in [0.25, 0.3) is 0 Å². The van der Waals surface area contributed by atoms with Crippen molar-refractivity contribution in [3.8, 4) is 0 Å². The molecule has 3 rings (SSSR count). The van der Waals surface area contributed by atoms with Crippen molar-refractivity contribution in [3.05, 3.63) is 46.8 Å². The van der Waals surface area contributed by atoms with E-state index in [1.54, 1.807) is 0 Å². The van der Waals surface area contributed by atoms with Gasteiger partial charge in [-0.05, 0) is 32.9 Å². The number of anilines is 1. The van der Waals surface area contributed by atoms with Gasteiger partial charge in [-0.3, -0.25) is 4.68 Å². The number of nitrogens with zero attached hydrogens (tertiary/aromatic N) is 3. The predicted molar refractivity (Wildman–Crippen MR) is 93.1 cm³/mol. The SMILES string of the molecule is Cc1ccc(NC(=O)N2CCOC[C@H]2c2c(C)nn(C)c2C)cc1. The number of benzene rings is 1. The summed E-state index contributed by atoms with van der Waals surface area (Å²) in [7, 11) is 1.92. The van der Waals surface area contributed by atoms with E-state index in [4.69, 9.17) is 4.74 Å². The van der Waals surface area contributed by atoms with E-state index in [2.05, 4.69) is 10.4 Å². The Kier molecular flexibility index (Phi) is 4.57. The summed E-state index contributed by atoms with van der Waals surface area (Å²) >= 11 is 0. The molecule has 1 atom stereocenters. The van der Waals surface area contributed by atoms with Crippen molar-refractivity contribution < 1.29 is 9.53 Å². The van der Waals surface area contributed by atoms with Crippen LogP contribution in [0.15, 0.2) is 24.3 Å². The van der Waals surface area contributed by atoms with Crippen molar-refractivity contribution in [2.75, 3.05) is 25.1 Å². The lowest BCUT2D eigenvalue weighted by Gasteiger charge is -2.36. The van der Waals surface area contributed by atoms with Gasteiger partial charge in [0.2, 0.25) is 0 Å². The number of morpholine rings is 1. The van der Waals surface area contributed by atoms with Crippen molar-refractivity contribution in [1.29, 1.82) is 0 Å². The maximum Gasteiger partial charge on any atom is 0.322 e.